The molecule has 0 radical (unpaired) electrons. The molecular weight excluding hydrogens is 212 g/mol. The van der Waals surface area contributed by atoms with Gasteiger partial charge in [0.15, 0.2) is 4.67 Å². The Hall–Kier alpha value is -1.10. The molecule has 0 fully saturated rings. The van der Waals surface area contributed by atoms with Crippen LogP contribution in [0.5, 0.6) is 0 Å². The first-order chi connectivity index (χ1) is 5.27. The molecule has 2 rings (SSSR count). The highest BCUT2D eigenvalue weighted by Gasteiger charge is 2.03. The van der Waals surface area contributed by atoms with Gasteiger partial charge in [-0.3, -0.25) is 4.79 Å². The Morgan fingerprint density at radius 1 is 1.64 bits per heavy atom. The van der Waals surface area contributed by atoms with Crippen molar-refractivity contribution in [1.82, 2.24) is 10.2 Å². The van der Waals surface area contributed by atoms with Crippen LogP contribution in [0.3, 0.4) is 0 Å². The Balaban J connectivity index is 3.02. The van der Waals surface area contributed by atoms with E-state index < -0.39 is 0 Å². The zero-order valence-corrected chi connectivity index (χ0v) is 6.88. The number of H-pyrrole nitrogens is 1. The molecule has 0 aliphatic carbocycles. The van der Waals surface area contributed by atoms with Gasteiger partial charge in [-0.15, -0.1) is 0 Å². The van der Waals surface area contributed by atoms with Crippen LogP contribution in [0.25, 0.3) is 11.0 Å². The van der Waals surface area contributed by atoms with Crippen molar-refractivity contribution >= 4 is 26.9 Å². The maximum absolute atomic E-state index is 11.0. The van der Waals surface area contributed by atoms with Crippen LogP contribution >= 0.6 is 15.9 Å². The second-order valence-corrected chi connectivity index (χ2v) is 2.82. The highest BCUT2D eigenvalue weighted by atomic mass is 79.9. The molecule has 0 unspecified atom stereocenters. The van der Waals surface area contributed by atoms with Crippen molar-refractivity contribution in [3.63, 3.8) is 0 Å². The van der Waals surface area contributed by atoms with Gasteiger partial charge in [0, 0.05) is 11.5 Å². The topological polar surface area (TPSA) is 58.9 Å². The number of nitrogens with zero attached hydrogens (tertiary/aromatic N) is 1. The van der Waals surface area contributed by atoms with Crippen LogP contribution in [-0.4, -0.2) is 10.2 Å². The summed E-state index contributed by atoms with van der Waals surface area (Å²) in [6, 6.07) is 1.69. The highest BCUT2D eigenvalue weighted by Crippen LogP contribution is 2.18. The third kappa shape index (κ3) is 0.970. The van der Waals surface area contributed by atoms with E-state index in [0.29, 0.717) is 15.6 Å². The van der Waals surface area contributed by atoms with E-state index in [2.05, 4.69) is 26.1 Å². The molecule has 4 nitrogen and oxygen atoms in total. The Morgan fingerprint density at radius 2 is 2.45 bits per heavy atom. The lowest BCUT2D eigenvalue weighted by atomic mass is 10.4. The smallest absolute Gasteiger partial charge is 0.307 e. The molecular formula is C6H3BrN2O2. The molecule has 5 heteroatoms. The van der Waals surface area contributed by atoms with Crippen LogP contribution in [-0.2, 0) is 0 Å². The normalized spacial score (nSPS) is 10.6. The van der Waals surface area contributed by atoms with Gasteiger partial charge in [-0.25, -0.2) is 5.10 Å². The maximum Gasteiger partial charge on any atom is 0.307 e. The number of hydrogen-bond acceptors (Lipinski definition) is 3. The fourth-order valence-electron chi connectivity index (χ4n) is 0.858. The molecule has 0 saturated carbocycles. The summed E-state index contributed by atoms with van der Waals surface area (Å²) in [7, 11) is 0. The Labute approximate surface area is 69.3 Å². The second-order valence-electron chi connectivity index (χ2n) is 2.03. The fraction of sp³-hybridized carbons (Fsp3) is 0. The number of halogens is 1. The molecule has 1 N–H and O–H groups in total. The fourth-order valence-corrected chi connectivity index (χ4v) is 1.27. The number of nitrogens with one attached hydrogen (secondary N) is 1. The lowest BCUT2D eigenvalue weighted by Crippen LogP contribution is -2.05. The van der Waals surface area contributed by atoms with Crippen molar-refractivity contribution in [2.24, 2.45) is 0 Å². The van der Waals surface area contributed by atoms with E-state index in [9.17, 15) is 4.79 Å². The van der Waals surface area contributed by atoms with Gasteiger partial charge < -0.3 is 4.42 Å². The molecule has 0 aromatic carbocycles. The monoisotopic (exact) mass is 214 g/mol. The highest BCUT2D eigenvalue weighted by molar-refractivity contribution is 9.10. The van der Waals surface area contributed by atoms with E-state index >= 15 is 0 Å². The minimum Gasteiger partial charge on any atom is -0.443 e. The van der Waals surface area contributed by atoms with E-state index in [1.807, 2.05) is 0 Å². The molecule has 0 amide bonds. The third-order valence-electron chi connectivity index (χ3n) is 1.31. The summed E-state index contributed by atoms with van der Waals surface area (Å²) < 4.78 is 5.56. The molecule has 2 aromatic rings. The average molecular weight is 215 g/mol. The second kappa shape index (κ2) is 2.20. The summed E-state index contributed by atoms with van der Waals surface area (Å²) in [5.41, 5.74) is -0.0138. The van der Waals surface area contributed by atoms with Gasteiger partial charge in [-0.1, -0.05) is 0 Å². The summed E-state index contributed by atoms with van der Waals surface area (Å²) in [6.07, 6.45) is 1.53. The van der Waals surface area contributed by atoms with Crippen LogP contribution in [0, 0.1) is 0 Å². The number of hydrogen-bond donors (Lipinski definition) is 1. The zero-order valence-electron chi connectivity index (χ0n) is 5.30. The van der Waals surface area contributed by atoms with Crippen LogP contribution in [0.15, 0.2) is 26.1 Å². The van der Waals surface area contributed by atoms with Crippen molar-refractivity contribution in [2.75, 3.05) is 0 Å². The number of furan rings is 1. The molecule has 0 spiro atoms. The zero-order chi connectivity index (χ0) is 7.84. The minimum atomic E-state index is -0.312. The standard InChI is InChI=1S/C6H3BrN2O2/c7-4-1-3-2-8-9-6(10)5(3)11-4/h1-2H,(H,9,10). The minimum absolute atomic E-state index is 0.298. The van der Waals surface area contributed by atoms with Crippen molar-refractivity contribution in [1.29, 1.82) is 0 Å². The van der Waals surface area contributed by atoms with Crippen molar-refractivity contribution in [3.8, 4) is 0 Å². The van der Waals surface area contributed by atoms with Crippen LogP contribution in [0.1, 0.15) is 0 Å². The number of fused-ring (bicyclic) bond motifs is 1. The van der Waals surface area contributed by atoms with Crippen molar-refractivity contribution < 1.29 is 4.42 Å². The predicted octanol–water partition coefficient (Wildman–Crippen LogP) is 1.28. The van der Waals surface area contributed by atoms with Crippen LogP contribution in [0.4, 0.5) is 0 Å². The molecule has 0 atom stereocenters. The Morgan fingerprint density at radius 3 is 3.18 bits per heavy atom. The van der Waals surface area contributed by atoms with E-state index in [0.717, 1.165) is 0 Å². The Kier molecular flexibility index (Phi) is 1.32. The van der Waals surface area contributed by atoms with Gasteiger partial charge in [-0.2, -0.15) is 5.10 Å². The van der Waals surface area contributed by atoms with Gasteiger partial charge in [0.2, 0.25) is 5.58 Å². The summed E-state index contributed by atoms with van der Waals surface area (Å²) in [5, 5.41) is 6.57. The summed E-state index contributed by atoms with van der Waals surface area (Å²) in [6.45, 7) is 0. The van der Waals surface area contributed by atoms with Crippen molar-refractivity contribution in [2.45, 2.75) is 0 Å². The Bertz CT molecular complexity index is 445. The molecule has 11 heavy (non-hydrogen) atoms. The quantitative estimate of drug-likeness (QED) is 0.719. The van der Waals surface area contributed by atoms with E-state index in [1.54, 1.807) is 6.07 Å². The van der Waals surface area contributed by atoms with Gasteiger partial charge >= 0.3 is 5.56 Å². The summed E-state index contributed by atoms with van der Waals surface area (Å²) in [5.74, 6) is 0. The number of aromatic amines is 1. The largest absolute Gasteiger partial charge is 0.443 e. The van der Waals surface area contributed by atoms with Gasteiger partial charge in [-0.05, 0) is 15.9 Å². The van der Waals surface area contributed by atoms with Gasteiger partial charge in [0.05, 0.1) is 6.20 Å². The molecule has 56 valence electrons. The molecule has 2 heterocycles. The first-order valence-corrected chi connectivity index (χ1v) is 3.69. The SMILES string of the molecule is O=c1[nH]ncc2cc(Br)oc12. The predicted molar refractivity (Wildman–Crippen MR) is 42.3 cm³/mol. The van der Waals surface area contributed by atoms with Gasteiger partial charge in [0.25, 0.3) is 0 Å². The van der Waals surface area contributed by atoms with E-state index in [-0.39, 0.29) is 5.56 Å². The van der Waals surface area contributed by atoms with Crippen LogP contribution < -0.4 is 5.56 Å². The third-order valence-corrected chi connectivity index (χ3v) is 1.70. The average Bonchev–Trinajstić information content (AvgIpc) is 2.31. The van der Waals surface area contributed by atoms with Crippen molar-refractivity contribution in [3.05, 3.63) is 27.3 Å². The molecule has 0 saturated heterocycles. The van der Waals surface area contributed by atoms with E-state index in [1.165, 1.54) is 6.20 Å². The lowest BCUT2D eigenvalue weighted by molar-refractivity contribution is 0.581. The van der Waals surface area contributed by atoms with Crippen LogP contribution in [0.2, 0.25) is 0 Å². The number of aromatic nitrogens is 2. The lowest BCUT2D eigenvalue weighted by Gasteiger charge is -1.81. The number of rotatable bonds is 0. The first-order valence-electron chi connectivity index (χ1n) is 2.90. The maximum atomic E-state index is 11.0. The summed E-state index contributed by atoms with van der Waals surface area (Å²) in [4.78, 5) is 11.0. The molecule has 2 aromatic heterocycles. The first kappa shape index (κ1) is 6.60. The molecule has 0 aliphatic heterocycles. The molecule has 0 aliphatic rings. The summed E-state index contributed by atoms with van der Waals surface area (Å²) >= 11 is 3.11. The van der Waals surface area contributed by atoms with Gasteiger partial charge in [0.1, 0.15) is 0 Å². The molecule has 0 bridgehead atoms. The van der Waals surface area contributed by atoms with E-state index in [4.69, 9.17) is 4.42 Å².